The first-order valence-electron chi connectivity index (χ1n) is 7.55. The quantitative estimate of drug-likeness (QED) is 0.859. The van der Waals surface area contributed by atoms with Crippen molar-refractivity contribution in [3.8, 4) is 5.75 Å². The third kappa shape index (κ3) is 2.32. The number of H-pyrrole nitrogens is 1. The van der Waals surface area contributed by atoms with E-state index in [0.29, 0.717) is 13.0 Å². The van der Waals surface area contributed by atoms with Gasteiger partial charge in [-0.2, -0.15) is 0 Å². The van der Waals surface area contributed by atoms with Crippen LogP contribution in [-0.4, -0.2) is 42.7 Å². The molecule has 4 rings (SSSR count). The number of ether oxygens (including phenoxy) is 1. The third-order valence-corrected chi connectivity index (χ3v) is 4.34. The Labute approximate surface area is 122 Å². The molecule has 110 valence electrons. The van der Waals surface area contributed by atoms with E-state index in [1.54, 1.807) is 0 Å². The predicted molar refractivity (Wildman–Crippen MR) is 81.9 cm³/mol. The molecule has 0 amide bonds. The van der Waals surface area contributed by atoms with Crippen LogP contribution in [0.1, 0.15) is 11.1 Å². The van der Waals surface area contributed by atoms with Gasteiger partial charge in [-0.3, -0.25) is 9.69 Å². The molecule has 2 aliphatic heterocycles. The van der Waals surface area contributed by atoms with Crippen LogP contribution in [-0.2, 0) is 13.0 Å². The number of rotatable bonds is 2. The highest BCUT2D eigenvalue weighted by atomic mass is 16.5. The highest BCUT2D eigenvalue weighted by molar-refractivity contribution is 5.87. The second kappa shape index (κ2) is 5.16. The fourth-order valence-corrected chi connectivity index (χ4v) is 3.23. The highest BCUT2D eigenvalue weighted by Crippen LogP contribution is 2.30. The number of aromatic amines is 1. The van der Waals surface area contributed by atoms with Gasteiger partial charge < -0.3 is 15.0 Å². The number of aromatic nitrogens is 1. The maximum atomic E-state index is 12.1. The van der Waals surface area contributed by atoms with Gasteiger partial charge in [-0.05, 0) is 17.7 Å². The summed E-state index contributed by atoms with van der Waals surface area (Å²) in [6, 6.07) is 6.30. The van der Waals surface area contributed by atoms with E-state index >= 15 is 0 Å². The van der Waals surface area contributed by atoms with Crippen LogP contribution in [0.25, 0.3) is 10.9 Å². The number of nitrogens with zero attached hydrogens (tertiary/aromatic N) is 1. The first kappa shape index (κ1) is 12.9. The minimum Gasteiger partial charge on any atom is -0.492 e. The van der Waals surface area contributed by atoms with E-state index in [4.69, 9.17) is 4.74 Å². The molecule has 1 saturated heterocycles. The van der Waals surface area contributed by atoms with Crippen molar-refractivity contribution in [2.45, 2.75) is 13.0 Å². The number of nitrogens with one attached hydrogen (secondary N) is 2. The van der Waals surface area contributed by atoms with Crippen LogP contribution in [0.5, 0.6) is 5.75 Å². The third-order valence-electron chi connectivity index (χ3n) is 4.34. The molecule has 0 aliphatic carbocycles. The van der Waals surface area contributed by atoms with E-state index in [0.717, 1.165) is 54.9 Å². The van der Waals surface area contributed by atoms with Crippen molar-refractivity contribution in [3.63, 3.8) is 0 Å². The van der Waals surface area contributed by atoms with E-state index in [1.165, 1.54) is 5.56 Å². The number of fused-ring (bicyclic) bond motifs is 3. The van der Waals surface area contributed by atoms with Gasteiger partial charge in [0.25, 0.3) is 5.56 Å². The monoisotopic (exact) mass is 285 g/mol. The minimum absolute atomic E-state index is 0.00526. The van der Waals surface area contributed by atoms with Gasteiger partial charge in [-0.15, -0.1) is 0 Å². The Morgan fingerprint density at radius 3 is 2.95 bits per heavy atom. The molecule has 1 fully saturated rings. The number of piperazine rings is 1. The SMILES string of the molecule is O=c1[nH]c2cc(CN3CCNCC3)ccc2c2c1CCO2. The van der Waals surface area contributed by atoms with E-state index in [9.17, 15) is 4.79 Å². The molecule has 2 aromatic rings. The first-order valence-corrected chi connectivity index (χ1v) is 7.55. The Bertz CT molecular complexity index is 732. The summed E-state index contributed by atoms with van der Waals surface area (Å²) in [5.74, 6) is 0.780. The number of hydrogen-bond acceptors (Lipinski definition) is 4. The van der Waals surface area contributed by atoms with Gasteiger partial charge in [0.1, 0.15) is 5.75 Å². The molecule has 1 aromatic heterocycles. The second-order valence-corrected chi connectivity index (χ2v) is 5.77. The zero-order chi connectivity index (χ0) is 14.2. The van der Waals surface area contributed by atoms with Crippen molar-refractivity contribution in [3.05, 3.63) is 39.7 Å². The van der Waals surface area contributed by atoms with E-state index in [1.807, 2.05) is 0 Å². The standard InChI is InChI=1S/C16H19N3O2/c20-16-13-3-8-21-15(13)12-2-1-11(9-14(12)18-16)10-19-6-4-17-5-7-19/h1-2,9,17H,3-8,10H2,(H,18,20). The lowest BCUT2D eigenvalue weighted by Crippen LogP contribution is -2.42. The molecule has 3 heterocycles. The fourth-order valence-electron chi connectivity index (χ4n) is 3.23. The highest BCUT2D eigenvalue weighted by Gasteiger charge is 2.19. The molecule has 2 aliphatic rings. The van der Waals surface area contributed by atoms with Crippen molar-refractivity contribution in [1.82, 2.24) is 15.2 Å². The average molecular weight is 285 g/mol. The minimum atomic E-state index is -0.00526. The lowest BCUT2D eigenvalue weighted by atomic mass is 10.1. The molecular formula is C16H19N3O2. The number of pyridine rings is 1. The van der Waals surface area contributed by atoms with Gasteiger partial charge in [-0.1, -0.05) is 6.07 Å². The van der Waals surface area contributed by atoms with Gasteiger partial charge in [-0.25, -0.2) is 0 Å². The lowest BCUT2D eigenvalue weighted by Gasteiger charge is -2.27. The largest absolute Gasteiger partial charge is 0.492 e. The Hall–Kier alpha value is -1.85. The van der Waals surface area contributed by atoms with Crippen LogP contribution >= 0.6 is 0 Å². The molecule has 1 aromatic carbocycles. The zero-order valence-corrected chi connectivity index (χ0v) is 11.9. The van der Waals surface area contributed by atoms with Crippen molar-refractivity contribution < 1.29 is 4.74 Å². The summed E-state index contributed by atoms with van der Waals surface area (Å²) in [7, 11) is 0. The summed E-state index contributed by atoms with van der Waals surface area (Å²) in [5, 5.41) is 4.38. The van der Waals surface area contributed by atoms with E-state index in [2.05, 4.69) is 33.4 Å². The predicted octanol–water partition coefficient (Wildman–Crippen LogP) is 0.868. The number of hydrogen-bond donors (Lipinski definition) is 2. The lowest BCUT2D eigenvalue weighted by molar-refractivity contribution is 0.233. The molecular weight excluding hydrogens is 266 g/mol. The smallest absolute Gasteiger partial charge is 0.255 e. The maximum absolute atomic E-state index is 12.1. The Morgan fingerprint density at radius 1 is 1.24 bits per heavy atom. The molecule has 0 atom stereocenters. The molecule has 0 spiro atoms. The normalized spacial score (nSPS) is 18.7. The van der Waals surface area contributed by atoms with E-state index in [-0.39, 0.29) is 5.56 Å². The molecule has 5 nitrogen and oxygen atoms in total. The first-order chi connectivity index (χ1) is 10.3. The van der Waals surface area contributed by atoms with Crippen molar-refractivity contribution >= 4 is 10.9 Å². The Morgan fingerprint density at radius 2 is 2.10 bits per heavy atom. The van der Waals surface area contributed by atoms with E-state index < -0.39 is 0 Å². The van der Waals surface area contributed by atoms with Crippen molar-refractivity contribution in [2.75, 3.05) is 32.8 Å². The molecule has 0 saturated carbocycles. The fraction of sp³-hybridized carbons (Fsp3) is 0.438. The van der Waals surface area contributed by atoms with Crippen LogP contribution in [0.2, 0.25) is 0 Å². The van der Waals surface area contributed by atoms with Crippen LogP contribution in [0, 0.1) is 0 Å². The summed E-state index contributed by atoms with van der Waals surface area (Å²) in [6.45, 7) is 5.78. The van der Waals surface area contributed by atoms with Gasteiger partial charge >= 0.3 is 0 Å². The van der Waals surface area contributed by atoms with Gasteiger partial charge in [0.05, 0.1) is 17.7 Å². The van der Waals surface area contributed by atoms with Crippen molar-refractivity contribution in [2.24, 2.45) is 0 Å². The molecule has 5 heteroatoms. The van der Waals surface area contributed by atoms with Crippen LogP contribution in [0.15, 0.2) is 23.0 Å². The van der Waals surface area contributed by atoms with Crippen LogP contribution in [0.3, 0.4) is 0 Å². The summed E-state index contributed by atoms with van der Waals surface area (Å²) < 4.78 is 5.64. The maximum Gasteiger partial charge on any atom is 0.255 e. The molecule has 2 N–H and O–H groups in total. The van der Waals surface area contributed by atoms with Crippen LogP contribution in [0.4, 0.5) is 0 Å². The molecule has 21 heavy (non-hydrogen) atoms. The number of benzene rings is 1. The second-order valence-electron chi connectivity index (χ2n) is 5.77. The van der Waals surface area contributed by atoms with Gasteiger partial charge in [0, 0.05) is 44.5 Å². The van der Waals surface area contributed by atoms with Gasteiger partial charge in [0.2, 0.25) is 0 Å². The summed E-state index contributed by atoms with van der Waals surface area (Å²) >= 11 is 0. The van der Waals surface area contributed by atoms with Gasteiger partial charge in [0.15, 0.2) is 0 Å². The molecule has 0 radical (unpaired) electrons. The molecule has 0 unspecified atom stereocenters. The summed E-state index contributed by atoms with van der Waals surface area (Å²) in [6.07, 6.45) is 0.711. The van der Waals surface area contributed by atoms with Crippen molar-refractivity contribution in [1.29, 1.82) is 0 Å². The summed E-state index contributed by atoms with van der Waals surface area (Å²) in [5.41, 5.74) is 2.90. The van der Waals surface area contributed by atoms with Crippen LogP contribution < -0.4 is 15.6 Å². The zero-order valence-electron chi connectivity index (χ0n) is 11.9. The Balaban J connectivity index is 1.70. The Kier molecular flexibility index (Phi) is 3.16. The molecule has 0 bridgehead atoms. The topological polar surface area (TPSA) is 57.4 Å². The summed E-state index contributed by atoms with van der Waals surface area (Å²) in [4.78, 5) is 17.5. The average Bonchev–Trinajstić information content (AvgIpc) is 2.98.